The highest BCUT2D eigenvalue weighted by atomic mass is 32.2. The molecule has 1 aromatic heterocycles. The third-order valence-corrected chi connectivity index (χ3v) is 6.29. The number of sulfonamides is 1. The molecular weight excluding hydrogens is 308 g/mol. The normalized spacial score (nSPS) is 20.5. The van der Waals surface area contributed by atoms with Crippen LogP contribution in [0.2, 0.25) is 0 Å². The van der Waals surface area contributed by atoms with Gasteiger partial charge < -0.3 is 4.90 Å². The zero-order valence-corrected chi connectivity index (χ0v) is 14.7. The zero-order chi connectivity index (χ0) is 15.6. The molecule has 0 bridgehead atoms. The molecule has 21 heavy (non-hydrogen) atoms. The first-order chi connectivity index (χ1) is 9.79. The number of hydrogen-bond acceptors (Lipinski definition) is 6. The number of aromatic nitrogens is 2. The van der Waals surface area contributed by atoms with Gasteiger partial charge in [-0.05, 0) is 26.7 Å². The fourth-order valence-corrected chi connectivity index (χ4v) is 3.98. The number of hydrogen-bond donors (Lipinski definition) is 1. The molecule has 0 aliphatic carbocycles. The van der Waals surface area contributed by atoms with Crippen molar-refractivity contribution in [1.82, 2.24) is 14.1 Å². The van der Waals surface area contributed by atoms with Gasteiger partial charge in [0.15, 0.2) is 0 Å². The maximum absolute atomic E-state index is 12.0. The predicted molar refractivity (Wildman–Crippen MR) is 86.4 cm³/mol. The average molecular weight is 332 g/mol. The Balaban J connectivity index is 2.03. The van der Waals surface area contributed by atoms with Crippen molar-refractivity contribution in [2.24, 2.45) is 0 Å². The van der Waals surface area contributed by atoms with Crippen LogP contribution in [0.1, 0.15) is 52.3 Å². The molecule has 1 aliphatic rings. The summed E-state index contributed by atoms with van der Waals surface area (Å²) in [5, 5.41) is 0.495. The van der Waals surface area contributed by atoms with E-state index in [1.807, 2.05) is 0 Å². The number of nitrogens with zero attached hydrogens (tertiary/aromatic N) is 3. The Hall–Kier alpha value is -0.730. The van der Waals surface area contributed by atoms with E-state index in [0.29, 0.717) is 12.5 Å². The molecule has 2 heterocycles. The van der Waals surface area contributed by atoms with E-state index in [1.54, 1.807) is 13.8 Å². The van der Waals surface area contributed by atoms with Gasteiger partial charge in [0.1, 0.15) is 5.82 Å². The molecule has 0 radical (unpaired) electrons. The van der Waals surface area contributed by atoms with Crippen molar-refractivity contribution in [2.45, 2.75) is 57.7 Å². The Bertz CT molecular complexity index is 568. The molecule has 1 atom stereocenters. The van der Waals surface area contributed by atoms with Gasteiger partial charge >= 0.3 is 0 Å². The standard InChI is InChI=1S/C13H24N4O2S2/c1-9(2)12-14-13(20-15-12)17-7-5-6-11(8-17)16-21(18,19)10(3)4/h9-11,16H,5-8H2,1-4H3. The van der Waals surface area contributed by atoms with Crippen molar-refractivity contribution in [3.05, 3.63) is 5.82 Å². The van der Waals surface area contributed by atoms with Gasteiger partial charge in [-0.25, -0.2) is 18.1 Å². The highest BCUT2D eigenvalue weighted by molar-refractivity contribution is 7.90. The fraction of sp³-hybridized carbons (Fsp3) is 0.846. The fourth-order valence-electron chi connectivity index (χ4n) is 2.20. The van der Waals surface area contributed by atoms with Crippen molar-refractivity contribution in [2.75, 3.05) is 18.0 Å². The minimum atomic E-state index is -3.22. The van der Waals surface area contributed by atoms with Crippen molar-refractivity contribution in [3.8, 4) is 0 Å². The van der Waals surface area contributed by atoms with E-state index in [9.17, 15) is 8.42 Å². The molecule has 1 unspecified atom stereocenters. The molecule has 6 nitrogen and oxygen atoms in total. The van der Waals surface area contributed by atoms with Crippen molar-refractivity contribution >= 4 is 26.7 Å². The van der Waals surface area contributed by atoms with Crippen LogP contribution in [0.3, 0.4) is 0 Å². The summed E-state index contributed by atoms with van der Waals surface area (Å²) >= 11 is 1.40. The molecule has 1 N–H and O–H groups in total. The molecule has 1 saturated heterocycles. The number of anilines is 1. The second-order valence-electron chi connectivity index (χ2n) is 6.09. The molecule has 120 valence electrons. The van der Waals surface area contributed by atoms with E-state index in [-0.39, 0.29) is 6.04 Å². The van der Waals surface area contributed by atoms with Crippen LogP contribution in [0, 0.1) is 0 Å². The molecule has 0 saturated carbocycles. The maximum Gasteiger partial charge on any atom is 0.214 e. The van der Waals surface area contributed by atoms with Crippen LogP contribution in [0.5, 0.6) is 0 Å². The van der Waals surface area contributed by atoms with Crippen LogP contribution in [-0.4, -0.2) is 42.2 Å². The molecule has 0 spiro atoms. The third-order valence-electron chi connectivity index (χ3n) is 3.59. The third kappa shape index (κ3) is 4.14. The minimum absolute atomic E-state index is 0.0439. The van der Waals surface area contributed by atoms with Crippen LogP contribution in [0.25, 0.3) is 0 Å². The lowest BCUT2D eigenvalue weighted by atomic mass is 10.1. The van der Waals surface area contributed by atoms with E-state index < -0.39 is 15.3 Å². The second-order valence-corrected chi connectivity index (χ2v) is 9.09. The van der Waals surface area contributed by atoms with E-state index in [1.165, 1.54) is 11.5 Å². The molecule has 0 aromatic carbocycles. The Morgan fingerprint density at radius 1 is 1.33 bits per heavy atom. The number of piperidine rings is 1. The van der Waals surface area contributed by atoms with Crippen molar-refractivity contribution < 1.29 is 8.42 Å². The highest BCUT2D eigenvalue weighted by Crippen LogP contribution is 2.24. The summed E-state index contributed by atoms with van der Waals surface area (Å²) in [5.41, 5.74) is 0. The van der Waals surface area contributed by atoms with E-state index in [2.05, 4.69) is 32.8 Å². The van der Waals surface area contributed by atoms with Gasteiger partial charge in [0, 0.05) is 36.6 Å². The smallest absolute Gasteiger partial charge is 0.214 e. The zero-order valence-electron chi connectivity index (χ0n) is 13.0. The van der Waals surface area contributed by atoms with Crippen LogP contribution in [-0.2, 0) is 10.0 Å². The quantitative estimate of drug-likeness (QED) is 0.892. The molecular formula is C13H24N4O2S2. The SMILES string of the molecule is CC(C)c1nsc(N2CCCC(NS(=O)(=O)C(C)C)C2)n1. The lowest BCUT2D eigenvalue weighted by Gasteiger charge is -2.32. The summed E-state index contributed by atoms with van der Waals surface area (Å²) in [6, 6.07) is -0.0439. The molecule has 1 aromatic rings. The largest absolute Gasteiger partial charge is 0.345 e. The molecule has 8 heteroatoms. The van der Waals surface area contributed by atoms with Crippen LogP contribution in [0.15, 0.2) is 0 Å². The highest BCUT2D eigenvalue weighted by Gasteiger charge is 2.27. The monoisotopic (exact) mass is 332 g/mol. The number of rotatable bonds is 5. The van der Waals surface area contributed by atoms with Gasteiger partial charge in [-0.1, -0.05) is 13.8 Å². The van der Waals surface area contributed by atoms with Gasteiger partial charge in [0.05, 0.1) is 5.25 Å². The van der Waals surface area contributed by atoms with Crippen LogP contribution < -0.4 is 9.62 Å². The molecule has 2 rings (SSSR count). The molecule has 1 fully saturated rings. The topological polar surface area (TPSA) is 75.2 Å². The van der Waals surface area contributed by atoms with Crippen LogP contribution in [0.4, 0.5) is 5.13 Å². The van der Waals surface area contributed by atoms with Gasteiger partial charge in [0.25, 0.3) is 0 Å². The summed E-state index contributed by atoms with van der Waals surface area (Å²) < 4.78 is 31.1. The Kier molecular flexibility index (Phi) is 5.21. The van der Waals surface area contributed by atoms with Gasteiger partial charge in [-0.3, -0.25) is 0 Å². The first kappa shape index (κ1) is 16.6. The van der Waals surface area contributed by atoms with Gasteiger partial charge in [0.2, 0.25) is 15.2 Å². The van der Waals surface area contributed by atoms with Crippen LogP contribution >= 0.6 is 11.5 Å². The summed E-state index contributed by atoms with van der Waals surface area (Å²) in [4.78, 5) is 6.70. The Morgan fingerprint density at radius 2 is 2.05 bits per heavy atom. The molecule has 0 amide bonds. The van der Waals surface area contributed by atoms with Gasteiger partial charge in [-0.2, -0.15) is 4.37 Å². The first-order valence-electron chi connectivity index (χ1n) is 7.39. The van der Waals surface area contributed by atoms with Gasteiger partial charge in [-0.15, -0.1) is 0 Å². The number of nitrogens with one attached hydrogen (secondary N) is 1. The first-order valence-corrected chi connectivity index (χ1v) is 9.71. The molecule has 1 aliphatic heterocycles. The summed E-state index contributed by atoms with van der Waals surface area (Å²) in [7, 11) is -3.22. The Labute approximate surface area is 131 Å². The maximum atomic E-state index is 12.0. The Morgan fingerprint density at radius 3 is 2.62 bits per heavy atom. The van der Waals surface area contributed by atoms with E-state index in [4.69, 9.17) is 0 Å². The predicted octanol–water partition coefficient (Wildman–Crippen LogP) is 1.96. The second kappa shape index (κ2) is 6.58. The van der Waals surface area contributed by atoms with Crippen molar-refractivity contribution in [3.63, 3.8) is 0 Å². The van der Waals surface area contributed by atoms with E-state index >= 15 is 0 Å². The van der Waals surface area contributed by atoms with E-state index in [0.717, 1.165) is 30.3 Å². The average Bonchev–Trinajstić information content (AvgIpc) is 2.88. The van der Waals surface area contributed by atoms with Crippen molar-refractivity contribution in [1.29, 1.82) is 0 Å². The summed E-state index contributed by atoms with van der Waals surface area (Å²) in [5.74, 6) is 1.18. The lowest BCUT2D eigenvalue weighted by molar-refractivity contribution is 0.463. The summed E-state index contributed by atoms with van der Waals surface area (Å²) in [6.07, 6.45) is 1.83. The lowest BCUT2D eigenvalue weighted by Crippen LogP contribution is -2.49. The summed E-state index contributed by atoms with van der Waals surface area (Å²) in [6.45, 7) is 9.11. The minimum Gasteiger partial charge on any atom is -0.345 e.